The molecule has 1 aromatic heterocycles. The van der Waals surface area contributed by atoms with Crippen molar-refractivity contribution in [1.29, 1.82) is 0 Å². The number of H-pyrrole nitrogens is 1. The molecular formula is C14H18ClN3. The summed E-state index contributed by atoms with van der Waals surface area (Å²) in [6, 6.07) is 6.45. The van der Waals surface area contributed by atoms with Gasteiger partial charge in [-0.3, -0.25) is 0 Å². The van der Waals surface area contributed by atoms with E-state index in [1.807, 2.05) is 19.2 Å². The predicted octanol–water partition coefficient (Wildman–Crippen LogP) is 3.26. The van der Waals surface area contributed by atoms with Gasteiger partial charge in [-0.1, -0.05) is 30.7 Å². The number of imidazole rings is 1. The maximum atomic E-state index is 6.19. The van der Waals surface area contributed by atoms with E-state index >= 15 is 0 Å². The molecule has 2 aromatic rings. The number of aromatic amines is 1. The van der Waals surface area contributed by atoms with Gasteiger partial charge in [-0.25, -0.2) is 4.98 Å². The van der Waals surface area contributed by atoms with E-state index in [4.69, 9.17) is 11.6 Å². The van der Waals surface area contributed by atoms with Crippen LogP contribution in [0.15, 0.2) is 30.6 Å². The molecule has 0 saturated heterocycles. The summed E-state index contributed by atoms with van der Waals surface area (Å²) in [5, 5.41) is 4.28. The highest BCUT2D eigenvalue weighted by Gasteiger charge is 2.13. The Bertz CT molecular complexity index is 494. The molecule has 2 rings (SSSR count). The molecule has 0 aliphatic rings. The third-order valence-electron chi connectivity index (χ3n) is 3.00. The number of benzene rings is 1. The molecule has 0 radical (unpaired) electrons. The van der Waals surface area contributed by atoms with Crippen LogP contribution in [0.5, 0.6) is 0 Å². The second-order valence-corrected chi connectivity index (χ2v) is 4.77. The van der Waals surface area contributed by atoms with E-state index in [-0.39, 0.29) is 6.04 Å². The molecule has 0 fully saturated rings. The monoisotopic (exact) mass is 263 g/mol. The van der Waals surface area contributed by atoms with Crippen LogP contribution < -0.4 is 5.32 Å². The average molecular weight is 264 g/mol. The van der Waals surface area contributed by atoms with Crippen molar-refractivity contribution >= 4 is 11.6 Å². The second kappa shape index (κ2) is 6.03. The summed E-state index contributed by atoms with van der Waals surface area (Å²) in [5.74, 6) is 0.984. The van der Waals surface area contributed by atoms with Crippen LogP contribution in [0.1, 0.15) is 29.9 Å². The smallest absolute Gasteiger partial charge is 0.107 e. The van der Waals surface area contributed by atoms with Gasteiger partial charge in [0.2, 0.25) is 0 Å². The van der Waals surface area contributed by atoms with E-state index in [1.165, 1.54) is 5.56 Å². The topological polar surface area (TPSA) is 40.7 Å². The van der Waals surface area contributed by atoms with Crippen molar-refractivity contribution < 1.29 is 0 Å². The summed E-state index contributed by atoms with van der Waals surface area (Å²) in [5.41, 5.74) is 2.30. The van der Waals surface area contributed by atoms with Crippen molar-refractivity contribution in [1.82, 2.24) is 15.3 Å². The molecule has 1 aromatic carbocycles. The number of halogens is 1. The van der Waals surface area contributed by atoms with Crippen LogP contribution in [0.4, 0.5) is 0 Å². The number of hydrogen-bond acceptors (Lipinski definition) is 2. The van der Waals surface area contributed by atoms with E-state index in [2.05, 4.69) is 34.3 Å². The zero-order chi connectivity index (χ0) is 13.0. The van der Waals surface area contributed by atoms with Gasteiger partial charge in [0.1, 0.15) is 5.82 Å². The van der Waals surface area contributed by atoms with Crippen LogP contribution in [0.3, 0.4) is 0 Å². The Balaban J connectivity index is 2.20. The summed E-state index contributed by atoms with van der Waals surface area (Å²) in [6.45, 7) is 5.03. The van der Waals surface area contributed by atoms with Crippen LogP contribution in [0.25, 0.3) is 0 Å². The fourth-order valence-electron chi connectivity index (χ4n) is 1.98. The average Bonchev–Trinajstić information content (AvgIpc) is 2.85. The Morgan fingerprint density at radius 2 is 2.28 bits per heavy atom. The van der Waals surface area contributed by atoms with Gasteiger partial charge in [-0.05, 0) is 30.7 Å². The van der Waals surface area contributed by atoms with Crippen LogP contribution >= 0.6 is 11.6 Å². The van der Waals surface area contributed by atoms with Gasteiger partial charge in [0, 0.05) is 29.9 Å². The number of rotatable bonds is 5. The maximum absolute atomic E-state index is 6.19. The van der Waals surface area contributed by atoms with Crippen LogP contribution in [0.2, 0.25) is 5.02 Å². The molecule has 1 atom stereocenters. The minimum absolute atomic E-state index is 0.235. The molecular weight excluding hydrogens is 246 g/mol. The van der Waals surface area contributed by atoms with E-state index < -0.39 is 0 Å². The molecule has 1 heterocycles. The van der Waals surface area contributed by atoms with Crippen molar-refractivity contribution in [3.8, 4) is 0 Å². The molecule has 1 unspecified atom stereocenters. The van der Waals surface area contributed by atoms with E-state index in [1.54, 1.807) is 6.20 Å². The molecule has 3 nitrogen and oxygen atoms in total. The van der Waals surface area contributed by atoms with E-state index in [9.17, 15) is 0 Å². The van der Waals surface area contributed by atoms with Crippen molar-refractivity contribution in [2.45, 2.75) is 26.3 Å². The van der Waals surface area contributed by atoms with Gasteiger partial charge in [0.15, 0.2) is 0 Å². The molecule has 96 valence electrons. The summed E-state index contributed by atoms with van der Waals surface area (Å²) >= 11 is 6.19. The number of nitrogens with one attached hydrogen (secondary N) is 2. The highest BCUT2D eigenvalue weighted by molar-refractivity contribution is 6.31. The first kappa shape index (κ1) is 13.1. The zero-order valence-corrected chi connectivity index (χ0v) is 11.5. The normalized spacial score (nSPS) is 12.6. The first-order chi connectivity index (χ1) is 8.70. The van der Waals surface area contributed by atoms with Crippen molar-refractivity contribution in [3.63, 3.8) is 0 Å². The fraction of sp³-hybridized carbons (Fsp3) is 0.357. The minimum Gasteiger partial charge on any atom is -0.349 e. The van der Waals surface area contributed by atoms with Crippen molar-refractivity contribution in [2.75, 3.05) is 6.54 Å². The number of nitrogens with zero attached hydrogens (tertiary/aromatic N) is 1. The van der Waals surface area contributed by atoms with Crippen LogP contribution in [-0.4, -0.2) is 16.5 Å². The minimum atomic E-state index is 0.235. The molecule has 0 spiro atoms. The zero-order valence-electron chi connectivity index (χ0n) is 10.7. The highest BCUT2D eigenvalue weighted by Crippen LogP contribution is 2.23. The molecule has 0 aliphatic heterocycles. The third kappa shape index (κ3) is 3.12. The first-order valence-electron chi connectivity index (χ1n) is 6.18. The SMILES string of the molecule is CCNC(Cc1ncc[nH]1)c1ccc(C)c(Cl)c1. The van der Waals surface area contributed by atoms with Crippen LogP contribution in [0, 0.1) is 6.92 Å². The van der Waals surface area contributed by atoms with Gasteiger partial charge >= 0.3 is 0 Å². The van der Waals surface area contributed by atoms with Crippen LogP contribution in [-0.2, 0) is 6.42 Å². The molecule has 0 aliphatic carbocycles. The fourth-order valence-corrected chi connectivity index (χ4v) is 2.17. The molecule has 4 heteroatoms. The Morgan fingerprint density at radius 1 is 1.44 bits per heavy atom. The molecule has 0 saturated carbocycles. The lowest BCUT2D eigenvalue weighted by Gasteiger charge is -2.18. The molecule has 0 amide bonds. The van der Waals surface area contributed by atoms with E-state index in [0.717, 1.165) is 29.4 Å². The maximum Gasteiger partial charge on any atom is 0.107 e. The quantitative estimate of drug-likeness (QED) is 0.869. The molecule has 2 N–H and O–H groups in total. The lowest BCUT2D eigenvalue weighted by molar-refractivity contribution is 0.539. The third-order valence-corrected chi connectivity index (χ3v) is 3.41. The van der Waals surface area contributed by atoms with E-state index in [0.29, 0.717) is 0 Å². The molecule has 0 bridgehead atoms. The Labute approximate surface area is 113 Å². The summed E-state index contributed by atoms with van der Waals surface area (Å²) < 4.78 is 0. The van der Waals surface area contributed by atoms with Crippen molar-refractivity contribution in [2.24, 2.45) is 0 Å². The summed E-state index contributed by atoms with van der Waals surface area (Å²) in [7, 11) is 0. The van der Waals surface area contributed by atoms with Gasteiger partial charge in [0.25, 0.3) is 0 Å². The lowest BCUT2D eigenvalue weighted by atomic mass is 10.0. The van der Waals surface area contributed by atoms with Gasteiger partial charge in [-0.15, -0.1) is 0 Å². The lowest BCUT2D eigenvalue weighted by Crippen LogP contribution is -2.23. The second-order valence-electron chi connectivity index (χ2n) is 4.36. The Morgan fingerprint density at radius 3 is 2.89 bits per heavy atom. The molecule has 18 heavy (non-hydrogen) atoms. The summed E-state index contributed by atoms with van der Waals surface area (Å²) in [6.07, 6.45) is 4.46. The number of likely N-dealkylation sites (N-methyl/N-ethyl adjacent to an activating group) is 1. The number of hydrogen-bond donors (Lipinski definition) is 2. The standard InChI is InChI=1S/C14H18ClN3/c1-3-16-13(9-14-17-6-7-18-14)11-5-4-10(2)12(15)8-11/h4-8,13,16H,3,9H2,1-2H3,(H,17,18). The largest absolute Gasteiger partial charge is 0.349 e. The predicted molar refractivity (Wildman–Crippen MR) is 74.9 cm³/mol. The first-order valence-corrected chi connectivity index (χ1v) is 6.56. The van der Waals surface area contributed by atoms with Gasteiger partial charge < -0.3 is 10.3 Å². The number of aromatic nitrogens is 2. The Kier molecular flexibility index (Phi) is 4.39. The summed E-state index contributed by atoms with van der Waals surface area (Å²) in [4.78, 5) is 7.41. The van der Waals surface area contributed by atoms with Gasteiger partial charge in [-0.2, -0.15) is 0 Å². The van der Waals surface area contributed by atoms with Crippen molar-refractivity contribution in [3.05, 3.63) is 52.6 Å². The Hall–Kier alpha value is -1.32. The highest BCUT2D eigenvalue weighted by atomic mass is 35.5. The number of aryl methyl sites for hydroxylation is 1. The van der Waals surface area contributed by atoms with Gasteiger partial charge in [0.05, 0.1) is 0 Å².